The topological polar surface area (TPSA) is 15.3 Å². The lowest BCUT2D eigenvalue weighted by atomic mass is 9.88. The van der Waals surface area contributed by atoms with Crippen LogP contribution in [0.1, 0.15) is 44.7 Å². The number of nitrogens with zero attached hydrogens (tertiary/aromatic N) is 1. The lowest BCUT2D eigenvalue weighted by Gasteiger charge is -2.46. The molecule has 112 valence electrons. The van der Waals surface area contributed by atoms with E-state index in [0.717, 1.165) is 38.0 Å². The van der Waals surface area contributed by atoms with Crippen LogP contribution in [0.25, 0.3) is 0 Å². The van der Waals surface area contributed by atoms with E-state index in [1.165, 1.54) is 5.56 Å². The third-order valence-electron chi connectivity index (χ3n) is 4.94. The Balaban J connectivity index is 2.16. The maximum atomic E-state index is 13.5. The molecule has 0 aromatic heterocycles. The highest BCUT2D eigenvalue weighted by Gasteiger charge is 2.34. The van der Waals surface area contributed by atoms with Crippen molar-refractivity contribution in [2.45, 2.75) is 58.7 Å². The summed E-state index contributed by atoms with van der Waals surface area (Å²) >= 11 is 0. The molecule has 0 amide bonds. The van der Waals surface area contributed by atoms with E-state index < -0.39 is 0 Å². The zero-order valence-corrected chi connectivity index (χ0v) is 13.2. The second-order valence-electron chi connectivity index (χ2n) is 6.19. The summed E-state index contributed by atoms with van der Waals surface area (Å²) < 4.78 is 13.5. The molecule has 1 aromatic carbocycles. The normalized spacial score (nSPS) is 22.9. The lowest BCUT2D eigenvalue weighted by Crippen LogP contribution is -2.62. The van der Waals surface area contributed by atoms with Crippen LogP contribution in [0.3, 0.4) is 0 Å². The molecule has 1 saturated heterocycles. The first-order valence-corrected chi connectivity index (χ1v) is 7.74. The third kappa shape index (κ3) is 3.21. The summed E-state index contributed by atoms with van der Waals surface area (Å²) in [6.45, 7) is 11.7. The van der Waals surface area contributed by atoms with E-state index in [1.807, 2.05) is 6.07 Å². The zero-order chi connectivity index (χ0) is 14.8. The van der Waals surface area contributed by atoms with Crippen LogP contribution in [0.15, 0.2) is 18.2 Å². The molecule has 1 aliphatic rings. The van der Waals surface area contributed by atoms with Gasteiger partial charge in [0.25, 0.3) is 0 Å². The minimum atomic E-state index is -0.134. The molecule has 20 heavy (non-hydrogen) atoms. The fraction of sp³-hybridized carbons (Fsp3) is 0.647. The Morgan fingerprint density at radius 2 is 2.05 bits per heavy atom. The number of aryl methyl sites for hydroxylation is 1. The first-order valence-electron chi connectivity index (χ1n) is 7.74. The van der Waals surface area contributed by atoms with E-state index in [9.17, 15) is 4.39 Å². The summed E-state index contributed by atoms with van der Waals surface area (Å²) in [6, 6.07) is 5.60. The molecule has 1 heterocycles. The molecule has 3 heteroatoms. The number of piperazine rings is 1. The minimum Gasteiger partial charge on any atom is -0.308 e. The van der Waals surface area contributed by atoms with Crippen LogP contribution in [0, 0.1) is 12.7 Å². The first-order chi connectivity index (χ1) is 9.49. The number of hydrogen-bond acceptors (Lipinski definition) is 2. The van der Waals surface area contributed by atoms with Crippen molar-refractivity contribution in [3.8, 4) is 0 Å². The van der Waals surface area contributed by atoms with Crippen molar-refractivity contribution >= 4 is 0 Å². The molecule has 1 unspecified atom stereocenters. The van der Waals surface area contributed by atoms with Crippen LogP contribution in [-0.2, 0) is 6.54 Å². The fourth-order valence-corrected chi connectivity index (χ4v) is 3.06. The summed E-state index contributed by atoms with van der Waals surface area (Å²) in [4.78, 5) is 2.49. The molecule has 0 spiro atoms. The van der Waals surface area contributed by atoms with E-state index in [1.54, 1.807) is 12.1 Å². The smallest absolute Gasteiger partial charge is 0.123 e. The fourth-order valence-electron chi connectivity index (χ4n) is 3.06. The summed E-state index contributed by atoms with van der Waals surface area (Å²) in [5.41, 5.74) is 2.50. The SMILES string of the molecule is CCC1(CC)CN(Cc2cc(F)ccc2C)C(C)CN1. The van der Waals surface area contributed by atoms with Crippen molar-refractivity contribution in [3.05, 3.63) is 35.1 Å². The summed E-state index contributed by atoms with van der Waals surface area (Å²) in [7, 11) is 0. The Labute approximate surface area is 122 Å². The lowest BCUT2D eigenvalue weighted by molar-refractivity contribution is 0.0744. The summed E-state index contributed by atoms with van der Waals surface area (Å²) in [5.74, 6) is -0.134. The number of benzene rings is 1. The number of rotatable bonds is 4. The zero-order valence-electron chi connectivity index (χ0n) is 13.2. The maximum absolute atomic E-state index is 13.5. The number of halogens is 1. The highest BCUT2D eigenvalue weighted by atomic mass is 19.1. The number of nitrogens with one attached hydrogen (secondary N) is 1. The monoisotopic (exact) mass is 278 g/mol. The molecule has 1 N–H and O–H groups in total. The van der Waals surface area contributed by atoms with E-state index in [2.05, 4.69) is 37.9 Å². The molecule has 0 saturated carbocycles. The molecule has 1 aliphatic heterocycles. The highest BCUT2D eigenvalue weighted by Crippen LogP contribution is 2.25. The van der Waals surface area contributed by atoms with E-state index in [-0.39, 0.29) is 11.4 Å². The highest BCUT2D eigenvalue weighted by molar-refractivity contribution is 5.26. The van der Waals surface area contributed by atoms with Gasteiger partial charge in [-0.25, -0.2) is 4.39 Å². The van der Waals surface area contributed by atoms with Gasteiger partial charge in [-0.05, 0) is 49.9 Å². The van der Waals surface area contributed by atoms with Gasteiger partial charge in [0, 0.05) is 31.2 Å². The molecule has 2 nitrogen and oxygen atoms in total. The molecule has 1 aromatic rings. The predicted molar refractivity (Wildman–Crippen MR) is 82.3 cm³/mol. The second-order valence-corrected chi connectivity index (χ2v) is 6.19. The van der Waals surface area contributed by atoms with Gasteiger partial charge in [0.2, 0.25) is 0 Å². The molecule has 0 aliphatic carbocycles. The minimum absolute atomic E-state index is 0.134. The Morgan fingerprint density at radius 3 is 2.70 bits per heavy atom. The first kappa shape index (κ1) is 15.5. The quantitative estimate of drug-likeness (QED) is 0.907. The van der Waals surface area contributed by atoms with Gasteiger partial charge >= 0.3 is 0 Å². The van der Waals surface area contributed by atoms with Gasteiger partial charge in [-0.3, -0.25) is 4.90 Å². The Hall–Kier alpha value is -0.930. The van der Waals surface area contributed by atoms with Gasteiger partial charge in [0.05, 0.1) is 0 Å². The molecule has 1 atom stereocenters. The van der Waals surface area contributed by atoms with Gasteiger partial charge in [-0.15, -0.1) is 0 Å². The van der Waals surface area contributed by atoms with Crippen molar-refractivity contribution in [2.75, 3.05) is 13.1 Å². The largest absolute Gasteiger partial charge is 0.308 e. The molecular weight excluding hydrogens is 251 g/mol. The molecular formula is C17H27FN2. The average Bonchev–Trinajstić information content (AvgIpc) is 2.45. The van der Waals surface area contributed by atoms with Crippen LogP contribution in [0.4, 0.5) is 4.39 Å². The van der Waals surface area contributed by atoms with Crippen molar-refractivity contribution in [1.82, 2.24) is 10.2 Å². The molecule has 1 fully saturated rings. The van der Waals surface area contributed by atoms with Crippen molar-refractivity contribution in [2.24, 2.45) is 0 Å². The van der Waals surface area contributed by atoms with Crippen molar-refractivity contribution in [1.29, 1.82) is 0 Å². The standard InChI is InChI=1S/C17H27FN2/c1-5-17(6-2)12-20(14(4)10-19-17)11-15-9-16(18)8-7-13(15)3/h7-9,14,19H,5-6,10-12H2,1-4H3. The van der Waals surface area contributed by atoms with Gasteiger partial charge in [-0.2, -0.15) is 0 Å². The molecule has 0 bridgehead atoms. The van der Waals surface area contributed by atoms with Crippen molar-refractivity contribution < 1.29 is 4.39 Å². The van der Waals surface area contributed by atoms with E-state index in [4.69, 9.17) is 0 Å². The van der Waals surface area contributed by atoms with Crippen molar-refractivity contribution in [3.63, 3.8) is 0 Å². The van der Waals surface area contributed by atoms with E-state index >= 15 is 0 Å². The van der Waals surface area contributed by atoms with Crippen LogP contribution in [-0.4, -0.2) is 29.6 Å². The average molecular weight is 278 g/mol. The third-order valence-corrected chi connectivity index (χ3v) is 4.94. The number of hydrogen-bond donors (Lipinski definition) is 1. The van der Waals surface area contributed by atoms with Gasteiger partial charge in [-0.1, -0.05) is 19.9 Å². The van der Waals surface area contributed by atoms with Gasteiger partial charge in [0.15, 0.2) is 0 Å². The van der Waals surface area contributed by atoms with Crippen LogP contribution in [0.2, 0.25) is 0 Å². The predicted octanol–water partition coefficient (Wildman–Crippen LogP) is 3.49. The van der Waals surface area contributed by atoms with E-state index in [0.29, 0.717) is 6.04 Å². The maximum Gasteiger partial charge on any atom is 0.123 e. The van der Waals surface area contributed by atoms with Crippen LogP contribution >= 0.6 is 0 Å². The molecule has 2 rings (SSSR count). The summed E-state index contributed by atoms with van der Waals surface area (Å²) in [6.07, 6.45) is 2.27. The van der Waals surface area contributed by atoms with Gasteiger partial charge < -0.3 is 5.32 Å². The Bertz CT molecular complexity index is 454. The van der Waals surface area contributed by atoms with Crippen LogP contribution < -0.4 is 5.32 Å². The summed E-state index contributed by atoms with van der Waals surface area (Å²) in [5, 5.41) is 3.71. The van der Waals surface area contributed by atoms with Crippen LogP contribution in [0.5, 0.6) is 0 Å². The Kier molecular flexibility index (Phi) is 4.82. The molecule has 0 radical (unpaired) electrons. The second kappa shape index (κ2) is 6.23. The Morgan fingerprint density at radius 1 is 1.35 bits per heavy atom. The van der Waals surface area contributed by atoms with Gasteiger partial charge in [0.1, 0.15) is 5.82 Å².